The minimum atomic E-state index is 0.0495. The third kappa shape index (κ3) is 2.66. The second-order valence-corrected chi connectivity index (χ2v) is 7.41. The van der Waals surface area contributed by atoms with Crippen LogP contribution in [0.2, 0.25) is 0 Å². The first-order chi connectivity index (χ1) is 11.3. The van der Waals surface area contributed by atoms with E-state index < -0.39 is 0 Å². The van der Waals surface area contributed by atoms with Crippen LogP contribution in [0.5, 0.6) is 0 Å². The second-order valence-electron chi connectivity index (χ2n) is 6.33. The number of carbonyl (C=O) groups is 1. The lowest BCUT2D eigenvalue weighted by atomic mass is 9.64. The smallest absolute Gasteiger partial charge is 0.261 e. The Bertz CT molecular complexity index is 800. The number of benzene rings is 2. The van der Waals surface area contributed by atoms with Gasteiger partial charge in [0.15, 0.2) is 0 Å². The molecule has 3 aromatic rings. The Labute approximate surface area is 140 Å². The van der Waals surface area contributed by atoms with Crippen LogP contribution in [0.15, 0.2) is 60.7 Å². The number of thiophene rings is 1. The van der Waals surface area contributed by atoms with Crippen molar-refractivity contribution in [3.63, 3.8) is 0 Å². The van der Waals surface area contributed by atoms with Gasteiger partial charge in [-0.3, -0.25) is 4.79 Å². The van der Waals surface area contributed by atoms with Crippen molar-refractivity contribution in [3.8, 4) is 0 Å². The van der Waals surface area contributed by atoms with Gasteiger partial charge in [0, 0.05) is 16.7 Å². The highest BCUT2D eigenvalue weighted by atomic mass is 32.1. The van der Waals surface area contributed by atoms with Gasteiger partial charge in [-0.1, -0.05) is 55.0 Å². The lowest BCUT2D eigenvalue weighted by Crippen LogP contribution is -2.45. The molecule has 0 unspecified atom stereocenters. The molecule has 2 nitrogen and oxygen atoms in total. The largest absolute Gasteiger partial charge is 0.350 e. The number of nitrogens with one attached hydrogen (secondary N) is 1. The third-order valence-electron chi connectivity index (χ3n) is 4.93. The zero-order valence-corrected chi connectivity index (χ0v) is 13.7. The summed E-state index contributed by atoms with van der Waals surface area (Å²) in [5.74, 6) is 0.0495. The highest BCUT2D eigenvalue weighted by Gasteiger charge is 2.38. The maximum absolute atomic E-state index is 12.5. The van der Waals surface area contributed by atoms with E-state index in [9.17, 15) is 4.79 Å². The molecular weight excluding hydrogens is 302 g/mol. The first kappa shape index (κ1) is 14.5. The van der Waals surface area contributed by atoms with Crippen LogP contribution in [0.1, 0.15) is 34.5 Å². The van der Waals surface area contributed by atoms with Crippen LogP contribution < -0.4 is 5.32 Å². The molecular formula is C20H19NOS. The van der Waals surface area contributed by atoms with E-state index in [4.69, 9.17) is 0 Å². The minimum absolute atomic E-state index is 0.0495. The fourth-order valence-corrected chi connectivity index (χ4v) is 4.37. The van der Waals surface area contributed by atoms with Crippen molar-refractivity contribution in [2.24, 2.45) is 0 Å². The maximum Gasteiger partial charge on any atom is 0.261 e. The Morgan fingerprint density at radius 2 is 1.78 bits per heavy atom. The Morgan fingerprint density at radius 1 is 1.04 bits per heavy atom. The predicted octanol–water partition coefficient (Wildman–Crippen LogP) is 4.75. The van der Waals surface area contributed by atoms with Crippen LogP contribution in [0.25, 0.3) is 10.1 Å². The summed E-state index contributed by atoms with van der Waals surface area (Å²) in [4.78, 5) is 13.3. The van der Waals surface area contributed by atoms with Crippen LogP contribution >= 0.6 is 11.3 Å². The highest BCUT2D eigenvalue weighted by Crippen LogP contribution is 2.43. The fourth-order valence-electron chi connectivity index (χ4n) is 3.39. The average Bonchev–Trinajstić information content (AvgIpc) is 2.99. The van der Waals surface area contributed by atoms with E-state index in [0.717, 1.165) is 29.6 Å². The fraction of sp³-hybridized carbons (Fsp3) is 0.250. The maximum atomic E-state index is 12.5. The lowest BCUT2D eigenvalue weighted by Gasteiger charge is -2.42. The van der Waals surface area contributed by atoms with Crippen LogP contribution in [-0.2, 0) is 5.41 Å². The van der Waals surface area contributed by atoms with Crippen molar-refractivity contribution in [2.75, 3.05) is 6.54 Å². The van der Waals surface area contributed by atoms with Crippen molar-refractivity contribution in [2.45, 2.75) is 24.7 Å². The van der Waals surface area contributed by atoms with Crippen LogP contribution in [0.4, 0.5) is 0 Å². The number of rotatable bonds is 4. The van der Waals surface area contributed by atoms with E-state index in [2.05, 4.69) is 41.7 Å². The van der Waals surface area contributed by atoms with Crippen molar-refractivity contribution in [1.82, 2.24) is 5.32 Å². The molecule has 23 heavy (non-hydrogen) atoms. The second kappa shape index (κ2) is 5.82. The summed E-state index contributed by atoms with van der Waals surface area (Å²) in [6.45, 7) is 0.726. The van der Waals surface area contributed by atoms with Gasteiger partial charge in [-0.15, -0.1) is 11.3 Å². The number of hydrogen-bond acceptors (Lipinski definition) is 2. The average molecular weight is 321 g/mol. The first-order valence-electron chi connectivity index (χ1n) is 8.09. The van der Waals surface area contributed by atoms with Crippen molar-refractivity contribution < 1.29 is 4.79 Å². The molecule has 0 radical (unpaired) electrons. The van der Waals surface area contributed by atoms with E-state index in [0.29, 0.717) is 0 Å². The van der Waals surface area contributed by atoms with Crippen LogP contribution in [0.3, 0.4) is 0 Å². The van der Waals surface area contributed by atoms with E-state index in [1.165, 1.54) is 16.7 Å². The molecule has 116 valence electrons. The summed E-state index contributed by atoms with van der Waals surface area (Å²) in [5, 5.41) is 4.32. The van der Waals surface area contributed by atoms with Gasteiger partial charge in [0.05, 0.1) is 4.88 Å². The van der Waals surface area contributed by atoms with E-state index in [1.807, 2.05) is 24.3 Å². The zero-order chi connectivity index (χ0) is 15.7. The zero-order valence-electron chi connectivity index (χ0n) is 12.9. The van der Waals surface area contributed by atoms with Gasteiger partial charge < -0.3 is 5.32 Å². The summed E-state index contributed by atoms with van der Waals surface area (Å²) in [6.07, 6.45) is 3.56. The molecule has 1 saturated carbocycles. The molecule has 1 aromatic heterocycles. The van der Waals surface area contributed by atoms with Gasteiger partial charge in [0.2, 0.25) is 0 Å². The molecule has 2 aromatic carbocycles. The molecule has 0 bridgehead atoms. The predicted molar refractivity (Wildman–Crippen MR) is 96.1 cm³/mol. The highest BCUT2D eigenvalue weighted by molar-refractivity contribution is 7.20. The molecule has 1 amide bonds. The number of fused-ring (bicyclic) bond motifs is 1. The van der Waals surface area contributed by atoms with E-state index >= 15 is 0 Å². The molecule has 0 saturated heterocycles. The van der Waals surface area contributed by atoms with Gasteiger partial charge in [0.1, 0.15) is 0 Å². The molecule has 1 aliphatic rings. The van der Waals surface area contributed by atoms with Crippen LogP contribution in [-0.4, -0.2) is 12.5 Å². The molecule has 3 heteroatoms. The summed E-state index contributed by atoms with van der Waals surface area (Å²) in [5.41, 5.74) is 1.48. The normalized spacial score (nSPS) is 16.0. The van der Waals surface area contributed by atoms with Gasteiger partial charge in [-0.2, -0.15) is 0 Å². The third-order valence-corrected chi connectivity index (χ3v) is 6.05. The van der Waals surface area contributed by atoms with Gasteiger partial charge in [0.25, 0.3) is 5.91 Å². The SMILES string of the molecule is O=C(NCC1(c2ccccc2)CCC1)c1cc2ccccc2s1. The van der Waals surface area contributed by atoms with Crippen molar-refractivity contribution >= 4 is 27.3 Å². The molecule has 0 atom stereocenters. The van der Waals surface area contributed by atoms with Gasteiger partial charge >= 0.3 is 0 Å². The minimum Gasteiger partial charge on any atom is -0.350 e. The number of amides is 1. The summed E-state index contributed by atoms with van der Waals surface area (Å²) in [7, 11) is 0. The monoisotopic (exact) mass is 321 g/mol. The Balaban J connectivity index is 1.50. The van der Waals surface area contributed by atoms with Gasteiger partial charge in [-0.25, -0.2) is 0 Å². The van der Waals surface area contributed by atoms with E-state index in [1.54, 1.807) is 11.3 Å². The summed E-state index contributed by atoms with van der Waals surface area (Å²) in [6, 6.07) is 20.7. The van der Waals surface area contributed by atoms with Crippen molar-refractivity contribution in [1.29, 1.82) is 0 Å². The molecule has 1 aliphatic carbocycles. The summed E-state index contributed by atoms with van der Waals surface area (Å²) >= 11 is 1.57. The molecule has 0 aliphatic heterocycles. The Kier molecular flexibility index (Phi) is 3.66. The quantitative estimate of drug-likeness (QED) is 0.738. The van der Waals surface area contributed by atoms with Crippen LogP contribution in [0, 0.1) is 0 Å². The molecule has 1 fully saturated rings. The standard InChI is InChI=1S/C20H19NOS/c22-19(18-13-15-7-4-5-10-17(15)23-18)21-14-20(11-6-12-20)16-8-2-1-3-9-16/h1-5,7-10,13H,6,11-12,14H2,(H,21,22). The topological polar surface area (TPSA) is 29.1 Å². The van der Waals surface area contributed by atoms with Gasteiger partial charge in [-0.05, 0) is 35.9 Å². The Morgan fingerprint density at radius 3 is 2.48 bits per heavy atom. The Hall–Kier alpha value is -2.13. The molecule has 4 rings (SSSR count). The summed E-state index contributed by atoms with van der Waals surface area (Å²) < 4.78 is 1.17. The molecule has 1 heterocycles. The first-order valence-corrected chi connectivity index (χ1v) is 8.91. The molecule has 0 spiro atoms. The van der Waals surface area contributed by atoms with Crippen molar-refractivity contribution in [3.05, 3.63) is 71.1 Å². The lowest BCUT2D eigenvalue weighted by molar-refractivity contribution is 0.0932. The number of carbonyl (C=O) groups excluding carboxylic acids is 1. The number of hydrogen-bond donors (Lipinski definition) is 1. The van der Waals surface area contributed by atoms with E-state index in [-0.39, 0.29) is 11.3 Å². The molecule has 1 N–H and O–H groups in total.